The van der Waals surface area contributed by atoms with Gasteiger partial charge in [-0.2, -0.15) is 0 Å². The number of anilines is 1. The molecule has 0 saturated carbocycles. The van der Waals surface area contributed by atoms with Crippen LogP contribution in [0.2, 0.25) is 0 Å². The summed E-state index contributed by atoms with van der Waals surface area (Å²) in [4.78, 5) is 23.3. The zero-order valence-corrected chi connectivity index (χ0v) is 11.6. The van der Waals surface area contributed by atoms with E-state index in [-0.39, 0.29) is 5.69 Å². The Morgan fingerprint density at radius 2 is 1.86 bits per heavy atom. The standard InChI is InChI=1S/C16H14FNO3/c1-9-6-7-10(2)11(8-9)15(19)18-13-5-3-4-12(17)14(13)16(20)21/h3-8H,1-2H3,(H,18,19)(H,20,21). The van der Waals surface area contributed by atoms with Crippen molar-refractivity contribution in [2.75, 3.05) is 5.32 Å². The monoisotopic (exact) mass is 287 g/mol. The van der Waals surface area contributed by atoms with Crippen LogP contribution in [0.4, 0.5) is 10.1 Å². The average Bonchev–Trinajstić information content (AvgIpc) is 2.41. The van der Waals surface area contributed by atoms with Gasteiger partial charge in [0.15, 0.2) is 0 Å². The normalized spacial score (nSPS) is 10.2. The molecular formula is C16H14FNO3. The molecule has 5 heteroatoms. The van der Waals surface area contributed by atoms with Gasteiger partial charge in [-0.25, -0.2) is 9.18 Å². The lowest BCUT2D eigenvalue weighted by atomic mass is 10.0. The number of hydrogen-bond donors (Lipinski definition) is 2. The van der Waals surface area contributed by atoms with E-state index in [2.05, 4.69) is 5.32 Å². The van der Waals surface area contributed by atoms with E-state index in [1.165, 1.54) is 12.1 Å². The molecule has 0 aliphatic rings. The molecule has 1 amide bonds. The van der Waals surface area contributed by atoms with Gasteiger partial charge < -0.3 is 10.4 Å². The number of nitrogens with one attached hydrogen (secondary N) is 1. The molecule has 0 aliphatic heterocycles. The predicted molar refractivity (Wildman–Crippen MR) is 77.2 cm³/mol. The summed E-state index contributed by atoms with van der Waals surface area (Å²) in [5.74, 6) is -2.78. The minimum absolute atomic E-state index is 0.0617. The van der Waals surface area contributed by atoms with Gasteiger partial charge in [0.25, 0.3) is 5.91 Å². The summed E-state index contributed by atoms with van der Waals surface area (Å²) in [6, 6.07) is 9.11. The van der Waals surface area contributed by atoms with Crippen molar-refractivity contribution in [1.29, 1.82) is 0 Å². The van der Waals surface area contributed by atoms with Gasteiger partial charge in [0.2, 0.25) is 0 Å². The number of carbonyl (C=O) groups excluding carboxylic acids is 1. The molecule has 0 heterocycles. The molecule has 21 heavy (non-hydrogen) atoms. The number of hydrogen-bond acceptors (Lipinski definition) is 2. The SMILES string of the molecule is Cc1ccc(C)c(C(=O)Nc2cccc(F)c2C(=O)O)c1. The fourth-order valence-corrected chi connectivity index (χ4v) is 2.02. The van der Waals surface area contributed by atoms with E-state index in [9.17, 15) is 14.0 Å². The fraction of sp³-hybridized carbons (Fsp3) is 0.125. The van der Waals surface area contributed by atoms with E-state index in [0.717, 1.165) is 17.2 Å². The van der Waals surface area contributed by atoms with E-state index in [1.807, 2.05) is 13.0 Å². The zero-order chi connectivity index (χ0) is 15.6. The van der Waals surface area contributed by atoms with Crippen molar-refractivity contribution in [1.82, 2.24) is 0 Å². The number of carbonyl (C=O) groups is 2. The highest BCUT2D eigenvalue weighted by atomic mass is 19.1. The van der Waals surface area contributed by atoms with Crippen LogP contribution in [0.1, 0.15) is 31.8 Å². The van der Waals surface area contributed by atoms with Gasteiger partial charge in [-0.15, -0.1) is 0 Å². The number of carboxylic acid groups (broad SMARTS) is 1. The van der Waals surface area contributed by atoms with Crippen LogP contribution < -0.4 is 5.32 Å². The number of amides is 1. The summed E-state index contributed by atoms with van der Waals surface area (Å²) < 4.78 is 13.6. The Morgan fingerprint density at radius 3 is 2.52 bits per heavy atom. The number of rotatable bonds is 3. The second-order valence-corrected chi connectivity index (χ2v) is 4.74. The summed E-state index contributed by atoms with van der Waals surface area (Å²) in [6.45, 7) is 3.62. The van der Waals surface area contributed by atoms with Crippen molar-refractivity contribution in [3.05, 3.63) is 64.5 Å². The number of carboxylic acids is 1. The molecule has 108 valence electrons. The third kappa shape index (κ3) is 3.08. The molecule has 0 spiro atoms. The molecule has 0 atom stereocenters. The van der Waals surface area contributed by atoms with Crippen molar-refractivity contribution in [3.63, 3.8) is 0 Å². The molecule has 0 aliphatic carbocycles. The van der Waals surface area contributed by atoms with Gasteiger partial charge in [-0.05, 0) is 37.6 Å². The van der Waals surface area contributed by atoms with Gasteiger partial charge in [0.1, 0.15) is 11.4 Å². The van der Waals surface area contributed by atoms with E-state index >= 15 is 0 Å². The van der Waals surface area contributed by atoms with Crippen LogP contribution in [0.5, 0.6) is 0 Å². The fourth-order valence-electron chi connectivity index (χ4n) is 2.02. The Bertz CT molecular complexity index is 725. The van der Waals surface area contributed by atoms with Gasteiger partial charge in [0, 0.05) is 5.56 Å². The average molecular weight is 287 g/mol. The van der Waals surface area contributed by atoms with E-state index in [1.54, 1.807) is 19.1 Å². The second-order valence-electron chi connectivity index (χ2n) is 4.74. The first-order valence-electron chi connectivity index (χ1n) is 6.30. The molecule has 0 saturated heterocycles. The Labute approximate surface area is 121 Å². The Hall–Kier alpha value is -2.69. The number of halogens is 1. The van der Waals surface area contributed by atoms with Crippen molar-refractivity contribution >= 4 is 17.6 Å². The van der Waals surface area contributed by atoms with Crippen LogP contribution in [-0.4, -0.2) is 17.0 Å². The smallest absolute Gasteiger partial charge is 0.340 e. The molecule has 0 aromatic heterocycles. The van der Waals surface area contributed by atoms with E-state index in [4.69, 9.17) is 5.11 Å². The van der Waals surface area contributed by atoms with Crippen molar-refractivity contribution in [2.45, 2.75) is 13.8 Å². The lowest BCUT2D eigenvalue weighted by Crippen LogP contribution is -2.17. The number of aryl methyl sites for hydroxylation is 2. The van der Waals surface area contributed by atoms with Crippen LogP contribution in [0.15, 0.2) is 36.4 Å². The van der Waals surface area contributed by atoms with Gasteiger partial charge in [-0.3, -0.25) is 4.79 Å². The predicted octanol–water partition coefficient (Wildman–Crippen LogP) is 3.39. The maximum Gasteiger partial charge on any atom is 0.340 e. The number of benzene rings is 2. The van der Waals surface area contributed by atoms with Crippen LogP contribution in [0, 0.1) is 19.7 Å². The third-order valence-corrected chi connectivity index (χ3v) is 3.11. The van der Waals surface area contributed by atoms with Gasteiger partial charge in [-0.1, -0.05) is 23.8 Å². The van der Waals surface area contributed by atoms with Crippen molar-refractivity contribution in [2.24, 2.45) is 0 Å². The topological polar surface area (TPSA) is 66.4 Å². The second kappa shape index (κ2) is 5.75. The molecule has 4 nitrogen and oxygen atoms in total. The molecule has 2 aromatic rings. The highest BCUT2D eigenvalue weighted by molar-refractivity contribution is 6.08. The summed E-state index contributed by atoms with van der Waals surface area (Å²) in [5, 5.41) is 11.5. The molecule has 0 fully saturated rings. The van der Waals surface area contributed by atoms with Crippen LogP contribution in [0.3, 0.4) is 0 Å². The van der Waals surface area contributed by atoms with Crippen molar-refractivity contribution in [3.8, 4) is 0 Å². The first-order valence-corrected chi connectivity index (χ1v) is 6.30. The summed E-state index contributed by atoms with van der Waals surface area (Å²) in [6.07, 6.45) is 0. The highest BCUT2D eigenvalue weighted by Crippen LogP contribution is 2.21. The molecule has 0 bridgehead atoms. The molecule has 2 N–H and O–H groups in total. The lowest BCUT2D eigenvalue weighted by Gasteiger charge is -2.11. The Balaban J connectivity index is 2.39. The first kappa shape index (κ1) is 14.7. The van der Waals surface area contributed by atoms with Crippen molar-refractivity contribution < 1.29 is 19.1 Å². The first-order chi connectivity index (χ1) is 9.90. The number of aromatic carboxylic acids is 1. The molecule has 2 rings (SSSR count). The summed E-state index contributed by atoms with van der Waals surface area (Å²) in [5.41, 5.74) is 1.48. The lowest BCUT2D eigenvalue weighted by molar-refractivity contribution is 0.0693. The summed E-state index contributed by atoms with van der Waals surface area (Å²) in [7, 11) is 0. The molecule has 0 unspecified atom stereocenters. The van der Waals surface area contributed by atoms with Crippen LogP contribution in [0.25, 0.3) is 0 Å². The quantitative estimate of drug-likeness (QED) is 0.909. The van der Waals surface area contributed by atoms with E-state index in [0.29, 0.717) is 5.56 Å². The third-order valence-electron chi connectivity index (χ3n) is 3.11. The minimum atomic E-state index is -1.43. The molecule has 0 radical (unpaired) electrons. The zero-order valence-electron chi connectivity index (χ0n) is 11.6. The molecule has 2 aromatic carbocycles. The van der Waals surface area contributed by atoms with Crippen LogP contribution >= 0.6 is 0 Å². The maximum absolute atomic E-state index is 13.6. The maximum atomic E-state index is 13.6. The Kier molecular flexibility index (Phi) is 4.03. The van der Waals surface area contributed by atoms with Crippen LogP contribution in [-0.2, 0) is 0 Å². The minimum Gasteiger partial charge on any atom is -0.478 e. The molecular weight excluding hydrogens is 273 g/mol. The van der Waals surface area contributed by atoms with Gasteiger partial charge >= 0.3 is 5.97 Å². The van der Waals surface area contributed by atoms with Gasteiger partial charge in [0.05, 0.1) is 5.69 Å². The summed E-state index contributed by atoms with van der Waals surface area (Å²) >= 11 is 0. The van der Waals surface area contributed by atoms with E-state index < -0.39 is 23.3 Å². The highest BCUT2D eigenvalue weighted by Gasteiger charge is 2.18. The Morgan fingerprint density at radius 1 is 1.14 bits per heavy atom. The largest absolute Gasteiger partial charge is 0.478 e.